The predicted octanol–water partition coefficient (Wildman–Crippen LogP) is 3.91. The van der Waals surface area contributed by atoms with Gasteiger partial charge in [-0.3, -0.25) is 14.3 Å². The Bertz CT molecular complexity index is 993. The first-order valence-corrected chi connectivity index (χ1v) is 9.85. The third-order valence-electron chi connectivity index (χ3n) is 4.74. The summed E-state index contributed by atoms with van der Waals surface area (Å²) in [6.45, 7) is 3.65. The van der Waals surface area contributed by atoms with Gasteiger partial charge in [-0.05, 0) is 48.4 Å². The van der Waals surface area contributed by atoms with E-state index < -0.39 is 0 Å². The number of aromatic nitrogens is 3. The lowest BCUT2D eigenvalue weighted by atomic mass is 9.98. The molecule has 3 aromatic rings. The van der Waals surface area contributed by atoms with Crippen LogP contribution in [0.15, 0.2) is 35.8 Å². The Kier molecular flexibility index (Phi) is 4.61. The van der Waals surface area contributed by atoms with Crippen molar-refractivity contribution in [3.8, 4) is 21.7 Å². The molecule has 1 aliphatic rings. The summed E-state index contributed by atoms with van der Waals surface area (Å²) in [6.07, 6.45) is 4.87. The van der Waals surface area contributed by atoms with Gasteiger partial charge in [0.2, 0.25) is 11.8 Å². The molecule has 0 spiro atoms. The largest absolute Gasteiger partial charge is 0.274 e. The maximum Gasteiger partial charge on any atom is 0.231 e. The highest BCUT2D eigenvalue weighted by Gasteiger charge is 2.25. The molecule has 0 N–H and O–H groups in total. The summed E-state index contributed by atoms with van der Waals surface area (Å²) in [4.78, 5) is 30.3. The van der Waals surface area contributed by atoms with E-state index in [0.29, 0.717) is 5.82 Å². The maximum atomic E-state index is 11.9. The molecule has 0 aromatic carbocycles. The minimum Gasteiger partial charge on any atom is -0.274 e. The lowest BCUT2D eigenvalue weighted by Crippen LogP contribution is -2.33. The van der Waals surface area contributed by atoms with Gasteiger partial charge in [0.1, 0.15) is 11.5 Å². The van der Waals surface area contributed by atoms with Crippen molar-refractivity contribution in [2.45, 2.75) is 39.7 Å². The first-order valence-electron chi connectivity index (χ1n) is 8.97. The zero-order valence-corrected chi connectivity index (χ0v) is 16.1. The van der Waals surface area contributed by atoms with Crippen LogP contribution in [0, 0.1) is 0 Å². The number of pyridine rings is 1. The van der Waals surface area contributed by atoms with Crippen LogP contribution in [-0.2, 0) is 22.6 Å². The molecule has 0 atom stereocenters. The van der Waals surface area contributed by atoms with E-state index >= 15 is 0 Å². The van der Waals surface area contributed by atoms with Crippen LogP contribution in [0.1, 0.15) is 32.4 Å². The summed E-state index contributed by atoms with van der Waals surface area (Å²) in [5, 5.41) is 6.92. The monoisotopic (exact) mass is 380 g/mol. The number of imide groups is 1. The van der Waals surface area contributed by atoms with Crippen LogP contribution in [0.25, 0.3) is 21.7 Å². The van der Waals surface area contributed by atoms with Crippen LogP contribution < -0.4 is 4.90 Å². The second-order valence-electron chi connectivity index (χ2n) is 6.60. The molecule has 27 heavy (non-hydrogen) atoms. The molecule has 0 aliphatic carbocycles. The van der Waals surface area contributed by atoms with Gasteiger partial charge in [-0.1, -0.05) is 6.07 Å². The van der Waals surface area contributed by atoms with E-state index in [2.05, 4.69) is 15.7 Å². The second kappa shape index (κ2) is 7.08. The Morgan fingerprint density at radius 3 is 2.70 bits per heavy atom. The van der Waals surface area contributed by atoms with Crippen LogP contribution in [0.2, 0.25) is 0 Å². The molecule has 3 aromatic heterocycles. The first-order chi connectivity index (χ1) is 13.1. The molecule has 0 saturated carbocycles. The normalized spacial score (nSPS) is 13.3. The van der Waals surface area contributed by atoms with E-state index in [9.17, 15) is 9.59 Å². The molecule has 0 fully saturated rings. The lowest BCUT2D eigenvalue weighted by Gasteiger charge is -2.18. The standard InChI is InChI=1S/C20H20N4O2S/c1-13(25)24(14(2)26)18-12-15(8-9-21-18)19-16-6-3-4-10-23(16)22-20(19)17-7-5-11-27-17/h5,7-9,11-12H,3-4,6,10H2,1-2H3. The van der Waals surface area contributed by atoms with E-state index in [-0.39, 0.29) is 11.8 Å². The highest BCUT2D eigenvalue weighted by atomic mass is 32.1. The number of hydrogen-bond acceptors (Lipinski definition) is 5. The van der Waals surface area contributed by atoms with Crippen LogP contribution >= 0.6 is 11.3 Å². The average molecular weight is 380 g/mol. The smallest absolute Gasteiger partial charge is 0.231 e. The molecule has 0 saturated heterocycles. The minimum absolute atomic E-state index is 0.345. The van der Waals surface area contributed by atoms with Crippen molar-refractivity contribution in [2.24, 2.45) is 0 Å². The van der Waals surface area contributed by atoms with Crippen molar-refractivity contribution in [3.63, 3.8) is 0 Å². The SMILES string of the molecule is CC(=O)N(C(C)=O)c1cc(-c2c(-c3cccs3)nn3c2CCCC3)ccn1. The Balaban J connectivity index is 1.89. The molecular formula is C20H20N4O2S. The number of rotatable bonds is 3. The van der Waals surface area contributed by atoms with Crippen molar-refractivity contribution >= 4 is 29.0 Å². The fraction of sp³-hybridized carbons (Fsp3) is 0.300. The van der Waals surface area contributed by atoms with Crippen LogP contribution in [0.4, 0.5) is 5.82 Å². The van der Waals surface area contributed by atoms with Crippen molar-refractivity contribution in [3.05, 3.63) is 41.5 Å². The molecular weight excluding hydrogens is 360 g/mol. The van der Waals surface area contributed by atoms with Crippen molar-refractivity contribution in [2.75, 3.05) is 4.90 Å². The van der Waals surface area contributed by atoms with E-state index in [1.54, 1.807) is 17.5 Å². The van der Waals surface area contributed by atoms with E-state index in [1.807, 2.05) is 23.6 Å². The average Bonchev–Trinajstić information content (AvgIpc) is 3.29. The number of carbonyl (C=O) groups excluding carboxylic acids is 2. The molecule has 0 bridgehead atoms. The summed E-state index contributed by atoms with van der Waals surface area (Å²) in [7, 11) is 0. The van der Waals surface area contributed by atoms with Crippen LogP contribution in [0.3, 0.4) is 0 Å². The Hall–Kier alpha value is -2.80. The van der Waals surface area contributed by atoms with Gasteiger partial charge in [-0.2, -0.15) is 5.10 Å². The Morgan fingerprint density at radius 1 is 1.19 bits per heavy atom. The molecule has 0 radical (unpaired) electrons. The molecule has 4 heterocycles. The molecule has 7 heteroatoms. The third-order valence-corrected chi connectivity index (χ3v) is 5.62. The van der Waals surface area contributed by atoms with Crippen LogP contribution in [0.5, 0.6) is 0 Å². The summed E-state index contributed by atoms with van der Waals surface area (Å²) in [5.41, 5.74) is 4.17. The van der Waals surface area contributed by atoms with Gasteiger partial charge in [0.25, 0.3) is 0 Å². The van der Waals surface area contributed by atoms with E-state index in [4.69, 9.17) is 5.10 Å². The van der Waals surface area contributed by atoms with Gasteiger partial charge in [0.15, 0.2) is 0 Å². The van der Waals surface area contributed by atoms with Crippen molar-refractivity contribution in [1.29, 1.82) is 0 Å². The molecule has 1 aliphatic heterocycles. The highest BCUT2D eigenvalue weighted by Crippen LogP contribution is 2.39. The molecule has 0 unspecified atom stereocenters. The number of hydrogen-bond donors (Lipinski definition) is 0. The van der Waals surface area contributed by atoms with E-state index in [0.717, 1.165) is 52.4 Å². The van der Waals surface area contributed by atoms with Gasteiger partial charge in [0.05, 0.1) is 4.88 Å². The van der Waals surface area contributed by atoms with Gasteiger partial charge < -0.3 is 0 Å². The molecule has 6 nitrogen and oxygen atoms in total. The zero-order valence-electron chi connectivity index (χ0n) is 15.3. The molecule has 138 valence electrons. The van der Waals surface area contributed by atoms with Gasteiger partial charge in [-0.15, -0.1) is 11.3 Å². The summed E-state index contributed by atoms with van der Waals surface area (Å²) < 4.78 is 2.10. The first kappa shape index (κ1) is 17.6. The number of amides is 2. The van der Waals surface area contributed by atoms with E-state index in [1.165, 1.54) is 19.5 Å². The van der Waals surface area contributed by atoms with Crippen molar-refractivity contribution in [1.82, 2.24) is 14.8 Å². The number of anilines is 1. The number of fused-ring (bicyclic) bond motifs is 1. The lowest BCUT2D eigenvalue weighted by molar-refractivity contribution is -0.124. The Morgan fingerprint density at radius 2 is 2.00 bits per heavy atom. The number of aryl methyl sites for hydroxylation is 1. The number of thiophene rings is 1. The third kappa shape index (κ3) is 3.19. The predicted molar refractivity (Wildman–Crippen MR) is 106 cm³/mol. The maximum absolute atomic E-state index is 11.9. The summed E-state index contributed by atoms with van der Waals surface area (Å²) in [6, 6.07) is 7.83. The number of nitrogens with zero attached hydrogens (tertiary/aromatic N) is 4. The number of carbonyl (C=O) groups is 2. The zero-order chi connectivity index (χ0) is 19.0. The summed E-state index contributed by atoms with van der Waals surface area (Å²) in [5.74, 6) is -0.342. The van der Waals surface area contributed by atoms with Crippen molar-refractivity contribution < 1.29 is 9.59 Å². The highest BCUT2D eigenvalue weighted by molar-refractivity contribution is 7.13. The molecule has 2 amide bonds. The fourth-order valence-electron chi connectivity index (χ4n) is 3.62. The summed E-state index contributed by atoms with van der Waals surface area (Å²) >= 11 is 1.66. The second-order valence-corrected chi connectivity index (χ2v) is 7.55. The van der Waals surface area contributed by atoms with Crippen LogP contribution in [-0.4, -0.2) is 26.6 Å². The topological polar surface area (TPSA) is 68.1 Å². The van der Waals surface area contributed by atoms with Gasteiger partial charge in [-0.25, -0.2) is 9.88 Å². The van der Waals surface area contributed by atoms with Gasteiger partial charge in [0, 0.05) is 37.8 Å². The fourth-order valence-corrected chi connectivity index (χ4v) is 4.33. The molecule has 4 rings (SSSR count). The Labute approximate surface area is 161 Å². The van der Waals surface area contributed by atoms with Gasteiger partial charge >= 0.3 is 0 Å². The minimum atomic E-state index is -0.345. The quantitative estimate of drug-likeness (QED) is 0.691.